The Morgan fingerprint density at radius 1 is 1.34 bits per heavy atom. The van der Waals surface area contributed by atoms with Crippen molar-refractivity contribution >= 4 is 46.8 Å². The molecule has 2 bridgehead atoms. The molecular weight excluding hydrogens is 488 g/mol. The molecule has 1 aromatic carbocycles. The summed E-state index contributed by atoms with van der Waals surface area (Å²) in [5, 5.41) is 9.85. The van der Waals surface area contributed by atoms with Crippen LogP contribution in [0.4, 0.5) is 5.69 Å². The molecule has 35 heavy (non-hydrogen) atoms. The predicted molar refractivity (Wildman–Crippen MR) is 137 cm³/mol. The predicted octanol–water partition coefficient (Wildman–Crippen LogP) is 3.53. The highest BCUT2D eigenvalue weighted by atomic mass is 35.5. The van der Waals surface area contributed by atoms with Crippen molar-refractivity contribution in [3.8, 4) is 0 Å². The van der Waals surface area contributed by atoms with E-state index in [0.29, 0.717) is 30.1 Å². The molecule has 3 aliphatic heterocycles. The number of fused-ring (bicyclic) bond motifs is 1. The monoisotopic (exact) mass is 520 g/mol. The molecule has 1 N–H and O–H groups in total. The lowest BCUT2D eigenvalue weighted by molar-refractivity contribution is -0.154. The number of carbonyl (C=O) groups is 3. The van der Waals surface area contributed by atoms with E-state index in [1.807, 2.05) is 0 Å². The topological polar surface area (TPSA) is 87.2 Å². The van der Waals surface area contributed by atoms with Gasteiger partial charge >= 0.3 is 5.97 Å². The van der Waals surface area contributed by atoms with Crippen LogP contribution >= 0.6 is 23.4 Å². The van der Waals surface area contributed by atoms with Crippen molar-refractivity contribution < 1.29 is 24.2 Å². The lowest BCUT2D eigenvalue weighted by atomic mass is 9.66. The number of esters is 1. The molecule has 9 heteroatoms. The number of halogens is 1. The average molecular weight is 521 g/mol. The average Bonchev–Trinajstić information content (AvgIpc) is 3.42. The molecule has 2 amide bonds. The van der Waals surface area contributed by atoms with Gasteiger partial charge in [-0.2, -0.15) is 0 Å². The van der Waals surface area contributed by atoms with E-state index in [1.165, 1.54) is 0 Å². The number of rotatable bonds is 10. The van der Waals surface area contributed by atoms with Crippen molar-refractivity contribution in [3.63, 3.8) is 0 Å². The third-order valence-electron chi connectivity index (χ3n) is 7.56. The van der Waals surface area contributed by atoms with Crippen LogP contribution in [0.3, 0.4) is 0 Å². The summed E-state index contributed by atoms with van der Waals surface area (Å²) in [4.78, 5) is 44.6. The minimum atomic E-state index is -0.723. The molecule has 4 rings (SSSR count). The third-order valence-corrected chi connectivity index (χ3v) is 9.89. The van der Waals surface area contributed by atoms with Crippen LogP contribution in [-0.4, -0.2) is 70.1 Å². The summed E-state index contributed by atoms with van der Waals surface area (Å²) in [5.41, 5.74) is 0.675. The Labute approximate surface area is 215 Å². The van der Waals surface area contributed by atoms with Crippen LogP contribution in [0.15, 0.2) is 36.9 Å². The van der Waals surface area contributed by atoms with E-state index in [2.05, 4.69) is 13.5 Å². The van der Waals surface area contributed by atoms with E-state index in [9.17, 15) is 19.5 Å². The maximum Gasteiger partial charge on any atom is 0.310 e. The van der Waals surface area contributed by atoms with E-state index >= 15 is 0 Å². The zero-order chi connectivity index (χ0) is 25.3. The number of thioether (sulfide) groups is 1. The second-order valence-corrected chi connectivity index (χ2v) is 11.5. The number of hydrogen-bond donors (Lipinski definition) is 1. The second-order valence-electron chi connectivity index (χ2n) is 9.48. The number of aliphatic hydroxyl groups is 1. The van der Waals surface area contributed by atoms with E-state index in [1.54, 1.807) is 58.8 Å². The van der Waals surface area contributed by atoms with Crippen LogP contribution in [0.1, 0.15) is 33.1 Å². The first-order chi connectivity index (χ1) is 16.8. The van der Waals surface area contributed by atoms with Gasteiger partial charge in [-0.3, -0.25) is 14.4 Å². The van der Waals surface area contributed by atoms with Crippen molar-refractivity contribution in [1.29, 1.82) is 0 Å². The van der Waals surface area contributed by atoms with Crippen molar-refractivity contribution in [3.05, 3.63) is 41.9 Å². The molecule has 0 radical (unpaired) electrons. The molecule has 190 valence electrons. The van der Waals surface area contributed by atoms with Crippen LogP contribution in [0.5, 0.6) is 0 Å². The summed E-state index contributed by atoms with van der Waals surface area (Å²) >= 11 is 7.71. The molecule has 3 fully saturated rings. The standard InChI is InChI=1S/C26H33ClN2O5S/c1-4-12-28(18-10-8-17(27)9-11-18)24(32)22-26-16(3)15-19(35-26)20(25(33)34-5-2)21(26)23(31)29(22)13-6-7-14-30/h4,8-11,16,19-22,30H,1,5-7,12-15H2,2-3H3/t16?,19-,20+,21-,22?,26?/m0/s1. The maximum atomic E-state index is 14.4. The molecule has 1 aromatic rings. The number of amides is 2. The molecule has 3 saturated heterocycles. The maximum absolute atomic E-state index is 14.4. The minimum Gasteiger partial charge on any atom is -0.466 e. The SMILES string of the molecule is C=CCN(C(=O)C1N(CCCCO)C(=O)[C@@H]2[C@H](C(=O)OCC)[C@@H]3CC(C)C12S3)c1ccc(Cl)cc1. The van der Waals surface area contributed by atoms with Crippen molar-refractivity contribution in [2.75, 3.05) is 31.2 Å². The number of benzene rings is 1. The second kappa shape index (κ2) is 10.5. The number of hydrogen-bond acceptors (Lipinski definition) is 6. The molecule has 1 spiro atoms. The quantitative estimate of drug-likeness (QED) is 0.288. The highest BCUT2D eigenvalue weighted by Crippen LogP contribution is 2.68. The third kappa shape index (κ3) is 4.27. The lowest BCUT2D eigenvalue weighted by Crippen LogP contribution is -2.57. The Kier molecular flexibility index (Phi) is 7.83. The zero-order valence-corrected chi connectivity index (χ0v) is 21.8. The van der Waals surface area contributed by atoms with Gasteiger partial charge in [-0.25, -0.2) is 0 Å². The van der Waals surface area contributed by atoms with Crippen molar-refractivity contribution in [2.24, 2.45) is 17.8 Å². The Bertz CT molecular complexity index is 988. The molecule has 3 aliphatic rings. The van der Waals surface area contributed by atoms with Crippen LogP contribution in [0.25, 0.3) is 0 Å². The van der Waals surface area contributed by atoms with Crippen LogP contribution in [-0.2, 0) is 19.1 Å². The van der Waals surface area contributed by atoms with Crippen molar-refractivity contribution in [1.82, 2.24) is 4.90 Å². The number of unbranched alkanes of at least 4 members (excludes halogenated alkanes) is 1. The van der Waals surface area contributed by atoms with E-state index in [0.717, 1.165) is 6.42 Å². The fraction of sp³-hybridized carbons (Fsp3) is 0.577. The number of aliphatic hydroxyl groups excluding tert-OH is 1. The summed E-state index contributed by atoms with van der Waals surface area (Å²) in [6.07, 6.45) is 3.53. The largest absolute Gasteiger partial charge is 0.466 e. The molecule has 3 unspecified atom stereocenters. The number of ether oxygens (including phenoxy) is 1. The normalized spacial score (nSPS) is 30.9. The zero-order valence-electron chi connectivity index (χ0n) is 20.2. The highest BCUT2D eigenvalue weighted by Gasteiger charge is 2.76. The minimum absolute atomic E-state index is 0.0151. The highest BCUT2D eigenvalue weighted by molar-refractivity contribution is 8.02. The van der Waals surface area contributed by atoms with Gasteiger partial charge in [0, 0.05) is 35.7 Å². The van der Waals surface area contributed by atoms with Gasteiger partial charge in [0.2, 0.25) is 5.91 Å². The van der Waals surface area contributed by atoms with Gasteiger partial charge in [-0.15, -0.1) is 18.3 Å². The first kappa shape index (κ1) is 26.0. The fourth-order valence-corrected chi connectivity index (χ4v) is 8.69. The van der Waals surface area contributed by atoms with Gasteiger partial charge < -0.3 is 19.6 Å². The first-order valence-corrected chi connectivity index (χ1v) is 13.5. The number of anilines is 1. The first-order valence-electron chi connectivity index (χ1n) is 12.2. The number of likely N-dealkylation sites (tertiary alicyclic amines) is 1. The molecular formula is C26H33ClN2O5S. The molecule has 3 heterocycles. The van der Waals surface area contributed by atoms with E-state index in [4.69, 9.17) is 16.3 Å². The molecule has 7 nitrogen and oxygen atoms in total. The van der Waals surface area contributed by atoms with Gasteiger partial charge in [-0.05, 0) is 56.4 Å². The summed E-state index contributed by atoms with van der Waals surface area (Å²) in [7, 11) is 0. The molecule has 6 atom stereocenters. The van der Waals surface area contributed by atoms with E-state index < -0.39 is 22.6 Å². The van der Waals surface area contributed by atoms with Crippen LogP contribution in [0, 0.1) is 17.8 Å². The van der Waals surface area contributed by atoms with Gasteiger partial charge in [0.1, 0.15) is 6.04 Å². The summed E-state index contributed by atoms with van der Waals surface area (Å²) in [6, 6.07) is 6.31. The van der Waals surface area contributed by atoms with Gasteiger partial charge in [0.05, 0.1) is 23.2 Å². The van der Waals surface area contributed by atoms with Crippen LogP contribution in [0.2, 0.25) is 5.02 Å². The Morgan fingerprint density at radius 3 is 2.69 bits per heavy atom. The fourth-order valence-electron chi connectivity index (χ4n) is 6.16. The Balaban J connectivity index is 1.78. The lowest BCUT2D eigenvalue weighted by Gasteiger charge is -2.40. The molecule has 0 saturated carbocycles. The van der Waals surface area contributed by atoms with Gasteiger partial charge in [0.25, 0.3) is 5.91 Å². The number of carbonyl (C=O) groups excluding carboxylic acids is 3. The summed E-state index contributed by atoms with van der Waals surface area (Å²) < 4.78 is 4.68. The molecule has 0 aliphatic carbocycles. The van der Waals surface area contributed by atoms with Crippen molar-refractivity contribution in [2.45, 2.75) is 49.1 Å². The van der Waals surface area contributed by atoms with Gasteiger partial charge in [0.15, 0.2) is 0 Å². The smallest absolute Gasteiger partial charge is 0.310 e. The van der Waals surface area contributed by atoms with Crippen LogP contribution < -0.4 is 4.90 Å². The Hall–Kier alpha value is -2.03. The van der Waals surface area contributed by atoms with E-state index in [-0.39, 0.29) is 48.7 Å². The summed E-state index contributed by atoms with van der Waals surface area (Å²) in [6.45, 7) is 8.59. The Morgan fingerprint density at radius 2 is 2.06 bits per heavy atom. The summed E-state index contributed by atoms with van der Waals surface area (Å²) in [5.74, 6) is -1.76. The number of nitrogens with zero attached hydrogens (tertiary/aromatic N) is 2. The van der Waals surface area contributed by atoms with Gasteiger partial charge in [-0.1, -0.05) is 24.6 Å². The molecule has 0 aromatic heterocycles.